The fourth-order valence-electron chi connectivity index (χ4n) is 3.20. The summed E-state index contributed by atoms with van der Waals surface area (Å²) in [5.41, 5.74) is 0.330. The summed E-state index contributed by atoms with van der Waals surface area (Å²) < 4.78 is 52.0. The highest BCUT2D eigenvalue weighted by Gasteiger charge is 2.38. The van der Waals surface area contributed by atoms with Gasteiger partial charge in [-0.05, 0) is 41.7 Å². The van der Waals surface area contributed by atoms with Gasteiger partial charge in [-0.15, -0.1) is 11.8 Å². The molecule has 2 nitrogen and oxygen atoms in total. The number of thioether (sulfide) groups is 1. The maximum Gasteiger partial charge on any atom is 0.263 e. The number of nitrogens with zero attached hydrogens (tertiary/aromatic N) is 1. The lowest BCUT2D eigenvalue weighted by Gasteiger charge is -2.24. The number of alkyl halides is 4. The first-order chi connectivity index (χ1) is 11.4. The van der Waals surface area contributed by atoms with Crippen molar-refractivity contribution in [3.8, 4) is 0 Å². The smallest absolute Gasteiger partial charge is 0.263 e. The number of aliphatic hydroxyl groups is 1. The molecule has 0 bridgehead atoms. The van der Waals surface area contributed by atoms with Crippen LogP contribution >= 0.6 is 11.8 Å². The molecule has 0 aliphatic carbocycles. The van der Waals surface area contributed by atoms with Crippen LogP contribution in [0, 0.1) is 5.92 Å². The van der Waals surface area contributed by atoms with Gasteiger partial charge in [0.1, 0.15) is 0 Å². The Morgan fingerprint density at radius 2 is 1.67 bits per heavy atom. The van der Waals surface area contributed by atoms with Gasteiger partial charge in [0.25, 0.3) is 12.9 Å². The molecule has 1 aromatic carbocycles. The quantitative estimate of drug-likeness (QED) is 0.761. The molecule has 2 heterocycles. The number of hydrogen-bond donors (Lipinski definition) is 1. The van der Waals surface area contributed by atoms with Crippen LogP contribution in [0.2, 0.25) is 0 Å². The van der Waals surface area contributed by atoms with E-state index in [9.17, 15) is 22.7 Å². The van der Waals surface area contributed by atoms with Gasteiger partial charge >= 0.3 is 0 Å². The third-order valence-electron chi connectivity index (χ3n) is 4.50. The first-order valence-electron chi connectivity index (χ1n) is 7.67. The zero-order valence-corrected chi connectivity index (χ0v) is 13.7. The van der Waals surface area contributed by atoms with E-state index >= 15 is 0 Å². The molecular formula is C17H17F4NOS. The molecule has 3 rings (SSSR count). The first kappa shape index (κ1) is 17.5. The first-order valence-corrected chi connectivity index (χ1v) is 8.55. The third kappa shape index (κ3) is 3.24. The lowest BCUT2D eigenvalue weighted by Crippen LogP contribution is -2.21. The molecule has 3 atom stereocenters. The average molecular weight is 359 g/mol. The second kappa shape index (κ2) is 6.88. The van der Waals surface area contributed by atoms with Crippen molar-refractivity contribution in [2.45, 2.75) is 37.5 Å². The van der Waals surface area contributed by atoms with E-state index in [4.69, 9.17) is 0 Å². The number of allylic oxidation sites excluding steroid dienone is 1. The summed E-state index contributed by atoms with van der Waals surface area (Å²) in [5, 5.41) is 10.4. The van der Waals surface area contributed by atoms with Crippen molar-refractivity contribution in [3.05, 3.63) is 45.4 Å². The maximum absolute atomic E-state index is 13.0. The number of benzene rings is 1. The second-order valence-electron chi connectivity index (χ2n) is 6.03. The Kier molecular flexibility index (Phi) is 5.01. The Labute approximate surface area is 141 Å². The average Bonchev–Trinajstić information content (AvgIpc) is 2.91. The molecule has 3 unspecified atom stereocenters. The minimum absolute atomic E-state index is 0.0388. The zero-order valence-electron chi connectivity index (χ0n) is 12.9. The van der Waals surface area contributed by atoms with Crippen molar-refractivity contribution in [1.29, 1.82) is 0 Å². The van der Waals surface area contributed by atoms with Gasteiger partial charge in [0, 0.05) is 34.0 Å². The van der Waals surface area contributed by atoms with Crippen LogP contribution in [0.15, 0.2) is 33.7 Å². The summed E-state index contributed by atoms with van der Waals surface area (Å²) in [7, 11) is 0. The molecule has 0 spiro atoms. The predicted molar refractivity (Wildman–Crippen MR) is 86.9 cm³/mol. The van der Waals surface area contributed by atoms with Gasteiger partial charge in [-0.3, -0.25) is 4.99 Å². The number of hydrogen-bond acceptors (Lipinski definition) is 3. The standard InChI is InChI=1S/C17H17F4NOS/c1-8-12-2-3-22-7-13(12)24-15(8)14(23)9-4-10(16(18)19)6-11(5-9)17(20)21/h4-8,14-17,23H,2-3H2,1H3. The van der Waals surface area contributed by atoms with Crippen LogP contribution in [-0.4, -0.2) is 23.1 Å². The lowest BCUT2D eigenvalue weighted by atomic mass is 9.88. The second-order valence-corrected chi connectivity index (χ2v) is 7.25. The number of aliphatic imine (C=N–C) groups is 1. The van der Waals surface area contributed by atoms with E-state index in [1.807, 2.05) is 6.92 Å². The molecule has 0 fully saturated rings. The van der Waals surface area contributed by atoms with Crippen LogP contribution < -0.4 is 0 Å². The van der Waals surface area contributed by atoms with Gasteiger partial charge in [0.05, 0.1) is 6.10 Å². The van der Waals surface area contributed by atoms with Crippen molar-refractivity contribution in [1.82, 2.24) is 0 Å². The molecule has 0 saturated heterocycles. The molecule has 1 N–H and O–H groups in total. The molecule has 2 aliphatic rings. The molecule has 0 aromatic heterocycles. The molecule has 0 amide bonds. The van der Waals surface area contributed by atoms with E-state index in [2.05, 4.69) is 4.99 Å². The Morgan fingerprint density at radius 1 is 1.08 bits per heavy atom. The van der Waals surface area contributed by atoms with E-state index in [0.717, 1.165) is 29.5 Å². The maximum atomic E-state index is 13.0. The molecular weight excluding hydrogens is 342 g/mol. The van der Waals surface area contributed by atoms with Crippen molar-refractivity contribution in [3.63, 3.8) is 0 Å². The summed E-state index contributed by atoms with van der Waals surface area (Å²) in [6.45, 7) is 2.66. The Morgan fingerprint density at radius 3 is 2.21 bits per heavy atom. The lowest BCUT2D eigenvalue weighted by molar-refractivity contribution is 0.140. The van der Waals surface area contributed by atoms with Crippen LogP contribution in [0.3, 0.4) is 0 Å². The van der Waals surface area contributed by atoms with Gasteiger partial charge in [-0.2, -0.15) is 0 Å². The molecule has 1 aromatic rings. The van der Waals surface area contributed by atoms with Gasteiger partial charge < -0.3 is 5.11 Å². The summed E-state index contributed by atoms with van der Waals surface area (Å²) in [6, 6.07) is 3.05. The van der Waals surface area contributed by atoms with E-state index in [0.29, 0.717) is 6.54 Å². The zero-order chi connectivity index (χ0) is 17.4. The predicted octanol–water partition coefficient (Wildman–Crippen LogP) is 5.08. The minimum Gasteiger partial charge on any atom is -0.387 e. The highest BCUT2D eigenvalue weighted by Crippen LogP contribution is 2.49. The highest BCUT2D eigenvalue weighted by molar-refractivity contribution is 8.04. The van der Waals surface area contributed by atoms with Crippen LogP contribution in [-0.2, 0) is 0 Å². The van der Waals surface area contributed by atoms with E-state index in [1.54, 1.807) is 6.21 Å². The third-order valence-corrected chi connectivity index (χ3v) is 6.06. The largest absolute Gasteiger partial charge is 0.387 e. The van der Waals surface area contributed by atoms with E-state index in [-0.39, 0.29) is 16.7 Å². The molecule has 0 radical (unpaired) electrons. The summed E-state index contributed by atoms with van der Waals surface area (Å²) in [4.78, 5) is 5.21. The van der Waals surface area contributed by atoms with Crippen LogP contribution in [0.1, 0.15) is 49.0 Å². The normalized spacial score (nSPS) is 24.8. The molecule has 2 aliphatic heterocycles. The molecule has 130 valence electrons. The van der Waals surface area contributed by atoms with Crippen molar-refractivity contribution >= 4 is 18.0 Å². The minimum atomic E-state index is -2.86. The Balaban J connectivity index is 1.90. The van der Waals surface area contributed by atoms with Crippen molar-refractivity contribution in [2.24, 2.45) is 10.9 Å². The monoisotopic (exact) mass is 359 g/mol. The van der Waals surface area contributed by atoms with Crippen LogP contribution in [0.4, 0.5) is 17.6 Å². The number of rotatable bonds is 4. The summed E-state index contributed by atoms with van der Waals surface area (Å²) in [6.07, 6.45) is -4.24. The number of dihydropyridines is 1. The highest BCUT2D eigenvalue weighted by atomic mass is 32.2. The summed E-state index contributed by atoms with van der Waals surface area (Å²) >= 11 is 1.44. The van der Waals surface area contributed by atoms with Crippen LogP contribution in [0.25, 0.3) is 0 Å². The van der Waals surface area contributed by atoms with E-state index in [1.165, 1.54) is 17.3 Å². The molecule has 24 heavy (non-hydrogen) atoms. The van der Waals surface area contributed by atoms with Crippen molar-refractivity contribution in [2.75, 3.05) is 6.54 Å². The van der Waals surface area contributed by atoms with Gasteiger partial charge in [0.15, 0.2) is 0 Å². The topological polar surface area (TPSA) is 32.6 Å². The molecule has 7 heteroatoms. The van der Waals surface area contributed by atoms with Crippen LogP contribution in [0.5, 0.6) is 0 Å². The number of aliphatic hydroxyl groups excluding tert-OH is 1. The Hall–Kier alpha value is -1.34. The Bertz CT molecular complexity index is 663. The SMILES string of the molecule is CC1C2=C(C=NCC2)SC1C(O)c1cc(C(F)F)cc(C(F)F)c1. The number of halogens is 4. The van der Waals surface area contributed by atoms with Gasteiger partial charge in [-0.1, -0.05) is 6.92 Å². The van der Waals surface area contributed by atoms with Gasteiger partial charge in [-0.25, -0.2) is 17.6 Å². The molecule has 0 saturated carbocycles. The summed E-state index contributed by atoms with van der Waals surface area (Å²) in [5.74, 6) is 0.0388. The fraction of sp³-hybridized carbons (Fsp3) is 0.471. The van der Waals surface area contributed by atoms with E-state index < -0.39 is 30.1 Å². The fourth-order valence-corrected chi connectivity index (χ4v) is 4.72. The van der Waals surface area contributed by atoms with Crippen molar-refractivity contribution < 1.29 is 22.7 Å². The van der Waals surface area contributed by atoms with Gasteiger partial charge in [0.2, 0.25) is 0 Å².